The lowest BCUT2D eigenvalue weighted by atomic mass is 10.1. The fourth-order valence-corrected chi connectivity index (χ4v) is 2.14. The van der Waals surface area contributed by atoms with Crippen LogP contribution in [0.5, 0.6) is 5.75 Å². The Morgan fingerprint density at radius 3 is 2.71 bits per heavy atom. The lowest BCUT2D eigenvalue weighted by molar-refractivity contribution is -0.128. The highest BCUT2D eigenvalue weighted by molar-refractivity contribution is 6.03. The Kier molecular flexibility index (Phi) is 4.47. The normalized spacial score (nSPS) is 19.6. The third-order valence-electron chi connectivity index (χ3n) is 3.39. The second-order valence-electron chi connectivity index (χ2n) is 5.35. The number of amides is 3. The first-order chi connectivity index (χ1) is 9.88. The number of carbonyl (C=O) groups excluding carboxylic acids is 2. The molecule has 1 saturated heterocycles. The van der Waals surface area contributed by atoms with Crippen LogP contribution in [0.1, 0.15) is 18.1 Å². The first-order valence-electron chi connectivity index (χ1n) is 6.88. The van der Waals surface area contributed by atoms with Crippen LogP contribution in [-0.2, 0) is 4.79 Å². The standard InChI is InChI=1S/C15H20N2O4/c1-9-4-5-10(2)13(6-9)21-8-12(18)7-17-14(19)11(3)16-15(17)20/h4-6,11-12,18H,7-8H2,1-3H3,(H,16,20)/t11-,12-/m0/s1. The maximum atomic E-state index is 11.7. The predicted molar refractivity (Wildman–Crippen MR) is 77.1 cm³/mol. The van der Waals surface area contributed by atoms with E-state index >= 15 is 0 Å². The van der Waals surface area contributed by atoms with Crippen molar-refractivity contribution in [3.63, 3.8) is 0 Å². The number of aryl methyl sites for hydroxylation is 2. The SMILES string of the molecule is Cc1ccc(C)c(OC[C@@H](O)CN2C(=O)N[C@@H](C)C2=O)c1. The highest BCUT2D eigenvalue weighted by Gasteiger charge is 2.36. The number of benzene rings is 1. The molecule has 2 rings (SSSR count). The Morgan fingerprint density at radius 1 is 1.38 bits per heavy atom. The number of β-amino-alcohol motifs (C(OH)–C–C–N with tert-alkyl or cyclic N) is 1. The maximum absolute atomic E-state index is 11.7. The van der Waals surface area contributed by atoms with Crippen molar-refractivity contribution >= 4 is 11.9 Å². The number of rotatable bonds is 5. The van der Waals surface area contributed by atoms with Crippen molar-refractivity contribution in [1.82, 2.24) is 10.2 Å². The molecular weight excluding hydrogens is 272 g/mol. The molecule has 0 saturated carbocycles. The van der Waals surface area contributed by atoms with Crippen LogP contribution in [0.4, 0.5) is 4.79 Å². The van der Waals surface area contributed by atoms with Gasteiger partial charge in [-0.05, 0) is 38.0 Å². The molecule has 0 aromatic heterocycles. The molecule has 1 aromatic rings. The number of aliphatic hydroxyl groups is 1. The van der Waals surface area contributed by atoms with Gasteiger partial charge in [0.05, 0.1) is 6.54 Å². The lowest BCUT2D eigenvalue weighted by Gasteiger charge is -2.18. The number of imide groups is 1. The molecule has 0 aliphatic carbocycles. The van der Waals surface area contributed by atoms with Gasteiger partial charge in [0, 0.05) is 0 Å². The molecule has 2 atom stereocenters. The van der Waals surface area contributed by atoms with Crippen LogP contribution in [0.15, 0.2) is 18.2 Å². The second-order valence-corrected chi connectivity index (χ2v) is 5.35. The monoisotopic (exact) mass is 292 g/mol. The quantitative estimate of drug-likeness (QED) is 0.793. The molecule has 0 unspecified atom stereocenters. The van der Waals surface area contributed by atoms with Crippen molar-refractivity contribution in [1.29, 1.82) is 0 Å². The van der Waals surface area contributed by atoms with Gasteiger partial charge < -0.3 is 15.2 Å². The van der Waals surface area contributed by atoms with E-state index in [1.807, 2.05) is 32.0 Å². The summed E-state index contributed by atoms with van der Waals surface area (Å²) in [4.78, 5) is 24.3. The van der Waals surface area contributed by atoms with Crippen LogP contribution in [0.25, 0.3) is 0 Å². The van der Waals surface area contributed by atoms with Crippen LogP contribution in [-0.4, -0.2) is 47.2 Å². The van der Waals surface area contributed by atoms with E-state index < -0.39 is 18.2 Å². The topological polar surface area (TPSA) is 78.9 Å². The molecule has 1 aliphatic heterocycles. The summed E-state index contributed by atoms with van der Waals surface area (Å²) < 4.78 is 5.57. The number of hydrogen-bond acceptors (Lipinski definition) is 4. The minimum atomic E-state index is -0.926. The van der Waals surface area contributed by atoms with Gasteiger partial charge in [-0.25, -0.2) is 4.79 Å². The number of aliphatic hydroxyl groups excluding tert-OH is 1. The Labute approximate surface area is 123 Å². The van der Waals surface area contributed by atoms with Gasteiger partial charge in [-0.15, -0.1) is 0 Å². The van der Waals surface area contributed by atoms with Gasteiger partial charge in [0.1, 0.15) is 24.5 Å². The molecule has 1 fully saturated rings. The van der Waals surface area contributed by atoms with E-state index in [1.165, 1.54) is 0 Å². The maximum Gasteiger partial charge on any atom is 0.324 e. The second kappa shape index (κ2) is 6.13. The largest absolute Gasteiger partial charge is 0.491 e. The summed E-state index contributed by atoms with van der Waals surface area (Å²) in [6, 6.07) is 4.80. The van der Waals surface area contributed by atoms with Gasteiger partial charge >= 0.3 is 6.03 Å². The van der Waals surface area contributed by atoms with E-state index in [9.17, 15) is 14.7 Å². The number of ether oxygens (including phenoxy) is 1. The van der Waals surface area contributed by atoms with E-state index in [2.05, 4.69) is 5.32 Å². The third kappa shape index (κ3) is 3.52. The van der Waals surface area contributed by atoms with E-state index in [0.717, 1.165) is 16.0 Å². The van der Waals surface area contributed by atoms with E-state index in [-0.39, 0.29) is 19.1 Å². The van der Waals surface area contributed by atoms with Crippen LogP contribution in [0.2, 0.25) is 0 Å². The number of nitrogens with one attached hydrogen (secondary N) is 1. The molecule has 2 N–H and O–H groups in total. The smallest absolute Gasteiger partial charge is 0.324 e. The Bertz CT molecular complexity index is 559. The zero-order valence-electron chi connectivity index (χ0n) is 12.4. The molecule has 114 valence electrons. The summed E-state index contributed by atoms with van der Waals surface area (Å²) in [5.41, 5.74) is 2.03. The molecule has 21 heavy (non-hydrogen) atoms. The minimum absolute atomic E-state index is 0.0235. The average Bonchev–Trinajstić information content (AvgIpc) is 2.66. The van der Waals surface area contributed by atoms with Crippen molar-refractivity contribution in [2.45, 2.75) is 32.9 Å². The summed E-state index contributed by atoms with van der Waals surface area (Å²) in [5.74, 6) is 0.366. The summed E-state index contributed by atoms with van der Waals surface area (Å²) in [7, 11) is 0. The molecule has 0 spiro atoms. The summed E-state index contributed by atoms with van der Waals surface area (Å²) in [5, 5.41) is 12.5. The first-order valence-corrected chi connectivity index (χ1v) is 6.88. The summed E-state index contributed by atoms with van der Waals surface area (Å²) in [6.45, 7) is 5.44. The highest BCUT2D eigenvalue weighted by Crippen LogP contribution is 2.19. The minimum Gasteiger partial charge on any atom is -0.491 e. The van der Waals surface area contributed by atoms with Crippen molar-refractivity contribution in [2.24, 2.45) is 0 Å². The van der Waals surface area contributed by atoms with E-state index in [1.54, 1.807) is 6.92 Å². The van der Waals surface area contributed by atoms with Gasteiger partial charge in [-0.3, -0.25) is 9.69 Å². The van der Waals surface area contributed by atoms with E-state index in [4.69, 9.17) is 4.74 Å². The molecule has 1 aromatic carbocycles. The predicted octanol–water partition coefficient (Wildman–Crippen LogP) is 0.983. The summed E-state index contributed by atoms with van der Waals surface area (Å²) >= 11 is 0. The van der Waals surface area contributed by atoms with Crippen LogP contribution < -0.4 is 10.1 Å². The fraction of sp³-hybridized carbons (Fsp3) is 0.467. The Balaban J connectivity index is 1.90. The third-order valence-corrected chi connectivity index (χ3v) is 3.39. The lowest BCUT2D eigenvalue weighted by Crippen LogP contribution is -2.40. The van der Waals surface area contributed by atoms with Crippen molar-refractivity contribution < 1.29 is 19.4 Å². The zero-order chi connectivity index (χ0) is 15.6. The zero-order valence-corrected chi connectivity index (χ0v) is 12.4. The fourth-order valence-electron chi connectivity index (χ4n) is 2.14. The van der Waals surface area contributed by atoms with Crippen molar-refractivity contribution in [3.05, 3.63) is 29.3 Å². The number of hydrogen-bond donors (Lipinski definition) is 2. The van der Waals surface area contributed by atoms with Crippen LogP contribution >= 0.6 is 0 Å². The Morgan fingerprint density at radius 2 is 2.10 bits per heavy atom. The van der Waals surface area contributed by atoms with Gasteiger partial charge in [0.2, 0.25) is 0 Å². The molecule has 1 aliphatic rings. The number of urea groups is 1. The van der Waals surface area contributed by atoms with Crippen LogP contribution in [0, 0.1) is 13.8 Å². The number of carbonyl (C=O) groups is 2. The molecule has 6 heteroatoms. The summed E-state index contributed by atoms with van der Waals surface area (Å²) in [6.07, 6.45) is -0.926. The number of nitrogens with zero attached hydrogens (tertiary/aromatic N) is 1. The Hall–Kier alpha value is -2.08. The molecule has 1 heterocycles. The highest BCUT2D eigenvalue weighted by atomic mass is 16.5. The molecule has 0 radical (unpaired) electrons. The molecule has 3 amide bonds. The molecular formula is C15H20N2O4. The van der Waals surface area contributed by atoms with Gasteiger partial charge in [0.25, 0.3) is 5.91 Å². The van der Waals surface area contributed by atoms with Crippen LogP contribution in [0.3, 0.4) is 0 Å². The van der Waals surface area contributed by atoms with Gasteiger partial charge in [0.15, 0.2) is 0 Å². The van der Waals surface area contributed by atoms with Crippen molar-refractivity contribution in [3.8, 4) is 5.75 Å². The molecule has 0 bridgehead atoms. The average molecular weight is 292 g/mol. The van der Waals surface area contributed by atoms with Gasteiger partial charge in [-0.2, -0.15) is 0 Å². The first kappa shape index (κ1) is 15.3. The molecule has 6 nitrogen and oxygen atoms in total. The van der Waals surface area contributed by atoms with Crippen molar-refractivity contribution in [2.75, 3.05) is 13.2 Å². The van der Waals surface area contributed by atoms with Gasteiger partial charge in [-0.1, -0.05) is 12.1 Å². The van der Waals surface area contributed by atoms with E-state index in [0.29, 0.717) is 5.75 Å².